The molecule has 0 fully saturated rings. The van der Waals surface area contributed by atoms with Gasteiger partial charge in [-0.05, 0) is 6.92 Å². The molecule has 0 unspecified atom stereocenters. The minimum absolute atomic E-state index is 0.0263. The van der Waals surface area contributed by atoms with Crippen LogP contribution < -0.4 is 5.32 Å². The second-order valence-electron chi connectivity index (χ2n) is 3.47. The van der Waals surface area contributed by atoms with Gasteiger partial charge in [-0.15, -0.1) is 0 Å². The van der Waals surface area contributed by atoms with E-state index in [2.05, 4.69) is 20.3 Å². The van der Waals surface area contributed by atoms with Crippen molar-refractivity contribution in [3.63, 3.8) is 0 Å². The number of rotatable bonds is 4. The van der Waals surface area contributed by atoms with Gasteiger partial charge in [0, 0.05) is 25.0 Å². The number of nitro groups is 1. The fourth-order valence-corrected chi connectivity index (χ4v) is 1.46. The SMILES string of the molecule is CCNc1cc([N+](=O)[O-])cc(-c2cnccn2)n1. The van der Waals surface area contributed by atoms with Crippen LogP contribution in [0.25, 0.3) is 11.4 Å². The molecule has 0 atom stereocenters. The Balaban J connectivity index is 2.50. The predicted molar refractivity (Wildman–Crippen MR) is 66.1 cm³/mol. The van der Waals surface area contributed by atoms with E-state index in [-0.39, 0.29) is 5.69 Å². The maximum Gasteiger partial charge on any atom is 0.275 e. The maximum atomic E-state index is 10.9. The highest BCUT2D eigenvalue weighted by molar-refractivity contribution is 5.61. The molecule has 0 saturated carbocycles. The molecule has 0 bridgehead atoms. The Kier molecular flexibility index (Phi) is 3.42. The quantitative estimate of drug-likeness (QED) is 0.652. The molecule has 0 spiro atoms. The fourth-order valence-electron chi connectivity index (χ4n) is 1.46. The normalized spacial score (nSPS) is 10.1. The van der Waals surface area contributed by atoms with Crippen molar-refractivity contribution in [2.45, 2.75) is 6.92 Å². The number of anilines is 1. The Morgan fingerprint density at radius 3 is 2.78 bits per heavy atom. The Labute approximate surface area is 103 Å². The summed E-state index contributed by atoms with van der Waals surface area (Å²) in [4.78, 5) is 22.7. The number of aromatic nitrogens is 3. The van der Waals surface area contributed by atoms with E-state index in [4.69, 9.17) is 0 Å². The van der Waals surface area contributed by atoms with Crippen molar-refractivity contribution in [3.8, 4) is 11.4 Å². The van der Waals surface area contributed by atoms with Crippen molar-refractivity contribution in [1.82, 2.24) is 15.0 Å². The first-order valence-corrected chi connectivity index (χ1v) is 5.37. The highest BCUT2D eigenvalue weighted by atomic mass is 16.6. The monoisotopic (exact) mass is 245 g/mol. The Hall–Kier alpha value is -2.57. The molecule has 7 nitrogen and oxygen atoms in total. The summed E-state index contributed by atoms with van der Waals surface area (Å²) >= 11 is 0. The van der Waals surface area contributed by atoms with Gasteiger partial charge in [-0.1, -0.05) is 0 Å². The highest BCUT2D eigenvalue weighted by Gasteiger charge is 2.12. The summed E-state index contributed by atoms with van der Waals surface area (Å²) in [5.74, 6) is 0.451. The maximum absolute atomic E-state index is 10.9. The van der Waals surface area contributed by atoms with Gasteiger partial charge in [0.2, 0.25) is 0 Å². The third-order valence-corrected chi connectivity index (χ3v) is 2.20. The van der Waals surface area contributed by atoms with E-state index in [1.54, 1.807) is 0 Å². The molecule has 0 saturated heterocycles. The second-order valence-corrected chi connectivity index (χ2v) is 3.47. The van der Waals surface area contributed by atoms with Crippen molar-refractivity contribution in [2.24, 2.45) is 0 Å². The standard InChI is InChI=1S/C11H11N5O2/c1-2-13-11-6-8(16(17)18)5-9(15-11)10-7-12-3-4-14-10/h3-7H,2H2,1H3,(H,13,15). The average molecular weight is 245 g/mol. The third kappa shape index (κ3) is 2.57. The number of hydrogen-bond acceptors (Lipinski definition) is 6. The molecule has 0 aliphatic rings. The second kappa shape index (κ2) is 5.17. The molecular formula is C11H11N5O2. The van der Waals surface area contributed by atoms with Crippen LogP contribution >= 0.6 is 0 Å². The molecular weight excluding hydrogens is 234 g/mol. The van der Waals surface area contributed by atoms with Crippen LogP contribution in [0.15, 0.2) is 30.7 Å². The number of pyridine rings is 1. The topological polar surface area (TPSA) is 93.8 Å². The summed E-state index contributed by atoms with van der Waals surface area (Å²) in [7, 11) is 0. The van der Waals surface area contributed by atoms with Crippen LogP contribution in [-0.2, 0) is 0 Å². The molecule has 0 aliphatic heterocycles. The lowest BCUT2D eigenvalue weighted by Crippen LogP contribution is -2.02. The van der Waals surface area contributed by atoms with Crippen molar-refractivity contribution in [2.75, 3.05) is 11.9 Å². The van der Waals surface area contributed by atoms with E-state index in [1.807, 2.05) is 6.92 Å². The van der Waals surface area contributed by atoms with Crippen LogP contribution in [0.5, 0.6) is 0 Å². The molecule has 92 valence electrons. The van der Waals surface area contributed by atoms with Gasteiger partial charge in [-0.25, -0.2) is 4.98 Å². The van der Waals surface area contributed by atoms with Crippen molar-refractivity contribution in [3.05, 3.63) is 40.8 Å². The van der Waals surface area contributed by atoms with E-state index < -0.39 is 4.92 Å². The van der Waals surface area contributed by atoms with Gasteiger partial charge in [0.1, 0.15) is 11.5 Å². The first-order chi connectivity index (χ1) is 8.70. The van der Waals surface area contributed by atoms with Crippen LogP contribution in [0, 0.1) is 10.1 Å². The predicted octanol–water partition coefficient (Wildman–Crippen LogP) is 1.88. The van der Waals surface area contributed by atoms with Crippen molar-refractivity contribution < 1.29 is 4.92 Å². The molecule has 2 aromatic rings. The van der Waals surface area contributed by atoms with Crippen LogP contribution in [0.4, 0.5) is 11.5 Å². The third-order valence-electron chi connectivity index (χ3n) is 2.20. The van der Waals surface area contributed by atoms with E-state index in [0.717, 1.165) is 0 Å². The summed E-state index contributed by atoms with van der Waals surface area (Å²) < 4.78 is 0. The zero-order chi connectivity index (χ0) is 13.0. The van der Waals surface area contributed by atoms with E-state index in [9.17, 15) is 10.1 Å². The van der Waals surface area contributed by atoms with Gasteiger partial charge < -0.3 is 5.32 Å². The number of nitrogens with one attached hydrogen (secondary N) is 1. The molecule has 2 heterocycles. The average Bonchev–Trinajstić information content (AvgIpc) is 2.40. The number of hydrogen-bond donors (Lipinski definition) is 1. The van der Waals surface area contributed by atoms with E-state index in [1.165, 1.54) is 30.7 Å². The van der Waals surface area contributed by atoms with E-state index in [0.29, 0.717) is 23.8 Å². The highest BCUT2D eigenvalue weighted by Crippen LogP contribution is 2.23. The van der Waals surface area contributed by atoms with Gasteiger partial charge >= 0.3 is 0 Å². The van der Waals surface area contributed by atoms with Crippen LogP contribution in [0.3, 0.4) is 0 Å². The Morgan fingerprint density at radius 2 is 2.17 bits per heavy atom. The smallest absolute Gasteiger partial charge is 0.275 e. The van der Waals surface area contributed by atoms with Crippen LogP contribution in [-0.4, -0.2) is 26.4 Å². The largest absolute Gasteiger partial charge is 0.370 e. The summed E-state index contributed by atoms with van der Waals surface area (Å²) in [5, 5.41) is 13.8. The lowest BCUT2D eigenvalue weighted by molar-refractivity contribution is -0.384. The first kappa shape index (κ1) is 11.9. The molecule has 0 radical (unpaired) electrons. The lowest BCUT2D eigenvalue weighted by Gasteiger charge is -2.05. The molecule has 0 aliphatic carbocycles. The van der Waals surface area contributed by atoms with Gasteiger partial charge in [0.25, 0.3) is 5.69 Å². The molecule has 2 rings (SSSR count). The van der Waals surface area contributed by atoms with Crippen LogP contribution in [0.2, 0.25) is 0 Å². The minimum Gasteiger partial charge on any atom is -0.370 e. The van der Waals surface area contributed by atoms with Crippen LogP contribution in [0.1, 0.15) is 6.92 Å². The zero-order valence-corrected chi connectivity index (χ0v) is 9.70. The fraction of sp³-hybridized carbons (Fsp3) is 0.182. The summed E-state index contributed by atoms with van der Waals surface area (Å²) in [6, 6.07) is 2.77. The molecule has 2 aromatic heterocycles. The first-order valence-electron chi connectivity index (χ1n) is 5.37. The summed E-state index contributed by atoms with van der Waals surface area (Å²) in [6.45, 7) is 2.52. The number of nitrogens with zero attached hydrogens (tertiary/aromatic N) is 4. The zero-order valence-electron chi connectivity index (χ0n) is 9.70. The van der Waals surface area contributed by atoms with Crippen molar-refractivity contribution >= 4 is 11.5 Å². The van der Waals surface area contributed by atoms with Gasteiger partial charge in [-0.3, -0.25) is 20.1 Å². The molecule has 18 heavy (non-hydrogen) atoms. The Morgan fingerprint density at radius 1 is 1.33 bits per heavy atom. The van der Waals surface area contributed by atoms with E-state index >= 15 is 0 Å². The molecule has 0 aromatic carbocycles. The molecule has 0 amide bonds. The summed E-state index contributed by atoms with van der Waals surface area (Å²) in [6.07, 6.45) is 4.57. The lowest BCUT2D eigenvalue weighted by atomic mass is 10.2. The van der Waals surface area contributed by atoms with Gasteiger partial charge in [0.05, 0.1) is 22.9 Å². The minimum atomic E-state index is -0.456. The molecule has 1 N–H and O–H groups in total. The van der Waals surface area contributed by atoms with Crippen molar-refractivity contribution in [1.29, 1.82) is 0 Å². The summed E-state index contributed by atoms with van der Waals surface area (Å²) in [5.41, 5.74) is 0.898. The molecule has 7 heteroatoms. The Bertz CT molecular complexity index is 559. The van der Waals surface area contributed by atoms with Gasteiger partial charge in [-0.2, -0.15) is 0 Å². The van der Waals surface area contributed by atoms with Gasteiger partial charge in [0.15, 0.2) is 0 Å².